The van der Waals surface area contributed by atoms with Gasteiger partial charge in [0.15, 0.2) is 0 Å². The number of carbonyl (C=O) groups is 1. The van der Waals surface area contributed by atoms with Gasteiger partial charge in [-0.2, -0.15) is 18.4 Å². The summed E-state index contributed by atoms with van der Waals surface area (Å²) in [7, 11) is 0. The number of rotatable bonds is 10. The van der Waals surface area contributed by atoms with Gasteiger partial charge in [-0.1, -0.05) is 12.1 Å². The zero-order chi connectivity index (χ0) is 28.0. The summed E-state index contributed by atoms with van der Waals surface area (Å²) < 4.78 is 40.6. The standard InChI is InChI=1S/C26H24F3N7O3/c27-26(28,29)18-6-4-17(5-7-18)21-10-23-34-22(24(39)33-20(14-37)15-38)13-36(23)25(35-21)31-9-1-2-19-8-3-16(11-30)12-32-19/h3-8,10,12-13,20,37-38H,1-2,9,14-15H2,(H,31,35)(H,33,39). The second kappa shape index (κ2) is 11.9. The predicted octanol–water partition coefficient (Wildman–Crippen LogP) is 2.81. The molecule has 0 atom stereocenters. The van der Waals surface area contributed by atoms with Gasteiger partial charge in [0.25, 0.3) is 5.91 Å². The number of pyridine rings is 1. The Bertz CT molecular complexity index is 1480. The summed E-state index contributed by atoms with van der Waals surface area (Å²) in [5.41, 5.74) is 1.55. The number of aryl methyl sites for hydroxylation is 1. The summed E-state index contributed by atoms with van der Waals surface area (Å²) in [5, 5.41) is 33.1. The number of alkyl halides is 3. The van der Waals surface area contributed by atoms with Gasteiger partial charge in [0.2, 0.25) is 5.95 Å². The molecule has 0 bridgehead atoms. The lowest BCUT2D eigenvalue weighted by molar-refractivity contribution is -0.137. The highest BCUT2D eigenvalue weighted by Gasteiger charge is 2.30. The third-order valence-electron chi connectivity index (χ3n) is 5.82. The molecule has 39 heavy (non-hydrogen) atoms. The second-order valence-corrected chi connectivity index (χ2v) is 8.61. The quantitative estimate of drug-likeness (QED) is 0.225. The summed E-state index contributed by atoms with van der Waals surface area (Å²) >= 11 is 0. The monoisotopic (exact) mass is 539 g/mol. The van der Waals surface area contributed by atoms with Gasteiger partial charge in [-0.3, -0.25) is 14.2 Å². The van der Waals surface area contributed by atoms with Crippen LogP contribution in [0.3, 0.4) is 0 Å². The minimum absolute atomic E-state index is 0.00176. The topological polar surface area (TPSA) is 148 Å². The Morgan fingerprint density at radius 3 is 2.46 bits per heavy atom. The molecule has 0 radical (unpaired) electrons. The maximum absolute atomic E-state index is 13.0. The zero-order valence-electron chi connectivity index (χ0n) is 20.5. The van der Waals surface area contributed by atoms with Crippen molar-refractivity contribution < 1.29 is 28.2 Å². The number of hydrogen-bond acceptors (Lipinski definition) is 8. The number of amides is 1. The highest BCUT2D eigenvalue weighted by molar-refractivity contribution is 5.93. The van der Waals surface area contributed by atoms with E-state index >= 15 is 0 Å². The van der Waals surface area contributed by atoms with Gasteiger partial charge < -0.3 is 20.8 Å². The van der Waals surface area contributed by atoms with Crippen molar-refractivity contribution in [3.05, 3.63) is 77.4 Å². The van der Waals surface area contributed by atoms with E-state index in [0.717, 1.165) is 17.8 Å². The fourth-order valence-electron chi connectivity index (χ4n) is 3.72. The first-order valence-corrected chi connectivity index (χ1v) is 11.9. The Labute approximate surface area is 220 Å². The second-order valence-electron chi connectivity index (χ2n) is 8.61. The first kappa shape index (κ1) is 27.5. The van der Waals surface area contributed by atoms with Crippen LogP contribution >= 0.6 is 0 Å². The van der Waals surface area contributed by atoms with Crippen LogP contribution in [0.2, 0.25) is 0 Å². The maximum Gasteiger partial charge on any atom is 0.416 e. The number of aromatic nitrogens is 4. The number of halogens is 3. The van der Waals surface area contributed by atoms with Crippen LogP contribution in [0.1, 0.15) is 33.7 Å². The molecule has 0 aliphatic rings. The Kier molecular flexibility index (Phi) is 8.38. The van der Waals surface area contributed by atoms with E-state index < -0.39 is 36.9 Å². The number of aliphatic hydroxyl groups is 2. The van der Waals surface area contributed by atoms with E-state index in [1.165, 1.54) is 28.9 Å². The van der Waals surface area contributed by atoms with Crippen molar-refractivity contribution in [2.24, 2.45) is 0 Å². The number of carbonyl (C=O) groups excluding carboxylic acids is 1. The number of hydrogen-bond donors (Lipinski definition) is 4. The fourth-order valence-corrected chi connectivity index (χ4v) is 3.72. The van der Waals surface area contributed by atoms with Crippen LogP contribution in [0.25, 0.3) is 16.9 Å². The molecule has 3 heterocycles. The molecule has 0 saturated carbocycles. The van der Waals surface area contributed by atoms with Crippen molar-refractivity contribution in [1.29, 1.82) is 5.26 Å². The van der Waals surface area contributed by atoms with E-state index in [0.29, 0.717) is 47.8 Å². The van der Waals surface area contributed by atoms with Crippen LogP contribution in [0.4, 0.5) is 19.1 Å². The van der Waals surface area contributed by atoms with Crippen LogP contribution in [-0.2, 0) is 12.6 Å². The van der Waals surface area contributed by atoms with E-state index in [1.54, 1.807) is 18.2 Å². The largest absolute Gasteiger partial charge is 0.416 e. The molecule has 3 aromatic heterocycles. The summed E-state index contributed by atoms with van der Waals surface area (Å²) in [5.74, 6) is -0.316. The molecule has 0 saturated heterocycles. The van der Waals surface area contributed by atoms with E-state index in [4.69, 9.17) is 5.26 Å². The van der Waals surface area contributed by atoms with E-state index in [-0.39, 0.29) is 5.69 Å². The molecule has 0 spiro atoms. The molecule has 4 N–H and O–H groups in total. The lowest BCUT2D eigenvalue weighted by atomic mass is 10.1. The van der Waals surface area contributed by atoms with Crippen LogP contribution in [0, 0.1) is 11.3 Å². The minimum atomic E-state index is -4.47. The highest BCUT2D eigenvalue weighted by atomic mass is 19.4. The van der Waals surface area contributed by atoms with Gasteiger partial charge in [0.1, 0.15) is 17.4 Å². The van der Waals surface area contributed by atoms with Gasteiger partial charge in [-0.15, -0.1) is 0 Å². The first-order chi connectivity index (χ1) is 18.7. The molecule has 0 unspecified atom stereocenters. The molecule has 0 aliphatic heterocycles. The van der Waals surface area contributed by atoms with Gasteiger partial charge in [-0.25, -0.2) is 9.97 Å². The van der Waals surface area contributed by atoms with Crippen LogP contribution in [0.5, 0.6) is 0 Å². The van der Waals surface area contributed by atoms with Crippen LogP contribution < -0.4 is 10.6 Å². The smallest absolute Gasteiger partial charge is 0.394 e. The van der Waals surface area contributed by atoms with Crippen molar-refractivity contribution in [2.75, 3.05) is 25.1 Å². The predicted molar refractivity (Wildman–Crippen MR) is 135 cm³/mol. The number of nitrogens with zero attached hydrogens (tertiary/aromatic N) is 5. The van der Waals surface area contributed by atoms with Crippen molar-refractivity contribution in [1.82, 2.24) is 24.7 Å². The highest BCUT2D eigenvalue weighted by Crippen LogP contribution is 2.31. The average Bonchev–Trinajstić information content (AvgIpc) is 3.38. The molecule has 1 aromatic carbocycles. The lowest BCUT2D eigenvalue weighted by Crippen LogP contribution is -2.40. The first-order valence-electron chi connectivity index (χ1n) is 11.9. The molecular formula is C26H24F3N7O3. The number of fused-ring (bicyclic) bond motifs is 1. The Morgan fingerprint density at radius 2 is 1.85 bits per heavy atom. The molecule has 4 aromatic rings. The van der Waals surface area contributed by atoms with Crippen LogP contribution in [-0.4, -0.2) is 61.3 Å². The maximum atomic E-state index is 13.0. The Balaban J connectivity index is 1.60. The molecule has 4 rings (SSSR count). The molecular weight excluding hydrogens is 515 g/mol. The van der Waals surface area contributed by atoms with Crippen LogP contribution in [0.15, 0.2) is 54.9 Å². The van der Waals surface area contributed by atoms with E-state index in [2.05, 4.69) is 25.6 Å². The minimum Gasteiger partial charge on any atom is -0.394 e. The Hall–Kier alpha value is -4.54. The molecule has 0 aliphatic carbocycles. The lowest BCUT2D eigenvalue weighted by Gasteiger charge is -2.12. The van der Waals surface area contributed by atoms with Gasteiger partial charge >= 0.3 is 6.18 Å². The normalized spacial score (nSPS) is 11.5. The summed E-state index contributed by atoms with van der Waals surface area (Å²) in [6.07, 6.45) is -0.286. The number of nitrogens with one attached hydrogen (secondary N) is 2. The molecule has 1 amide bonds. The molecule has 13 heteroatoms. The Morgan fingerprint density at radius 1 is 1.10 bits per heavy atom. The number of imidazole rings is 1. The number of anilines is 1. The van der Waals surface area contributed by atoms with E-state index in [1.807, 2.05) is 6.07 Å². The third-order valence-corrected chi connectivity index (χ3v) is 5.82. The van der Waals surface area contributed by atoms with Gasteiger partial charge in [0, 0.05) is 36.3 Å². The average molecular weight is 540 g/mol. The molecule has 0 fully saturated rings. The number of aliphatic hydroxyl groups excluding tert-OH is 2. The fraction of sp³-hybridized carbons (Fsp3) is 0.269. The van der Waals surface area contributed by atoms with Gasteiger partial charge in [0.05, 0.1) is 36.1 Å². The van der Waals surface area contributed by atoms with Crippen molar-refractivity contribution in [3.8, 4) is 17.3 Å². The molecule has 202 valence electrons. The number of benzene rings is 1. The SMILES string of the molecule is N#Cc1ccc(CCCNc2nc(-c3ccc(C(F)(F)F)cc3)cc3nc(C(=O)NC(CO)CO)cn23)nc1. The van der Waals surface area contributed by atoms with Crippen molar-refractivity contribution in [2.45, 2.75) is 25.1 Å². The molecule has 10 nitrogen and oxygen atoms in total. The summed E-state index contributed by atoms with van der Waals surface area (Å²) in [6, 6.07) is 10.7. The van der Waals surface area contributed by atoms with Crippen molar-refractivity contribution >= 4 is 17.5 Å². The number of nitriles is 1. The van der Waals surface area contributed by atoms with Gasteiger partial charge in [-0.05, 0) is 37.1 Å². The van der Waals surface area contributed by atoms with E-state index in [9.17, 15) is 28.2 Å². The zero-order valence-corrected chi connectivity index (χ0v) is 20.5. The van der Waals surface area contributed by atoms with Crippen molar-refractivity contribution in [3.63, 3.8) is 0 Å². The summed E-state index contributed by atoms with van der Waals surface area (Å²) in [6.45, 7) is -0.483. The summed E-state index contributed by atoms with van der Waals surface area (Å²) in [4.78, 5) is 25.7. The third kappa shape index (κ3) is 6.67.